The average molecular weight is 307 g/mol. The van der Waals surface area contributed by atoms with Crippen LogP contribution in [0.1, 0.15) is 30.7 Å². The summed E-state index contributed by atoms with van der Waals surface area (Å²) in [4.78, 5) is 1.83. The van der Waals surface area contributed by atoms with Crippen molar-refractivity contribution < 1.29 is 17.9 Å². The number of alkyl halides is 2. The van der Waals surface area contributed by atoms with Crippen molar-refractivity contribution in [3.63, 3.8) is 0 Å². The summed E-state index contributed by atoms with van der Waals surface area (Å²) in [5.74, 6) is 0.278. The minimum Gasteiger partial charge on any atom is -0.485 e. The van der Waals surface area contributed by atoms with Gasteiger partial charge in [-0.3, -0.25) is 0 Å². The van der Waals surface area contributed by atoms with E-state index in [9.17, 15) is 8.78 Å². The monoisotopic (exact) mass is 307 g/mol. The molecule has 0 unspecified atom stereocenters. The van der Waals surface area contributed by atoms with E-state index in [1.54, 1.807) is 0 Å². The van der Waals surface area contributed by atoms with Crippen molar-refractivity contribution in [1.82, 2.24) is 10.2 Å². The molecule has 0 N–H and O–H groups in total. The maximum Gasteiger partial charge on any atom is 0.318 e. The second kappa shape index (κ2) is 4.93. The molecule has 0 aliphatic carbocycles. The van der Waals surface area contributed by atoms with Crippen LogP contribution in [0.25, 0.3) is 0 Å². The van der Waals surface area contributed by atoms with Gasteiger partial charge in [0.05, 0.1) is 6.54 Å². The number of rotatable bonds is 2. The molecule has 1 fully saturated rings. The van der Waals surface area contributed by atoms with Gasteiger partial charge in [0.1, 0.15) is 11.4 Å². The molecule has 0 bridgehead atoms. The Morgan fingerprint density at radius 1 is 1.18 bits per heavy atom. The number of para-hydroxylation sites is 1. The molecule has 7 heteroatoms. The smallest absolute Gasteiger partial charge is 0.318 e. The Kier molecular flexibility index (Phi) is 3.02. The summed E-state index contributed by atoms with van der Waals surface area (Å²) in [5.41, 5.74) is 0.915. The van der Waals surface area contributed by atoms with E-state index in [0.717, 1.165) is 25.0 Å². The number of fused-ring (bicyclic) bond motifs is 1. The van der Waals surface area contributed by atoms with Crippen LogP contribution in [-0.4, -0.2) is 28.9 Å². The van der Waals surface area contributed by atoms with Gasteiger partial charge in [-0.2, -0.15) is 8.78 Å². The molecular formula is C15H15F2N3O2. The molecule has 3 heterocycles. The molecular weight excluding hydrogens is 292 g/mol. The average Bonchev–Trinajstić information content (AvgIpc) is 3.15. The first-order valence-electron chi connectivity index (χ1n) is 7.29. The zero-order valence-electron chi connectivity index (χ0n) is 11.8. The summed E-state index contributed by atoms with van der Waals surface area (Å²) in [5, 5.41) is 7.10. The summed E-state index contributed by atoms with van der Waals surface area (Å²) < 4.78 is 36.3. The minimum atomic E-state index is -2.74. The molecule has 0 amide bonds. The van der Waals surface area contributed by atoms with Gasteiger partial charge in [0, 0.05) is 13.0 Å². The highest BCUT2D eigenvalue weighted by atomic mass is 19.3. The zero-order chi connectivity index (χ0) is 15.2. The van der Waals surface area contributed by atoms with Crippen molar-refractivity contribution in [3.05, 3.63) is 35.7 Å². The standard InChI is InChI=1S/C15H15F2N3O2/c16-12(17)13-18-19-14(21-13)20-8-7-15(9-20)6-5-10-3-1-2-4-11(10)22-15/h1-4,12H,5-9H2/t15-/m1/s1. The lowest BCUT2D eigenvalue weighted by Gasteiger charge is -2.35. The van der Waals surface area contributed by atoms with Crippen molar-refractivity contribution in [2.75, 3.05) is 18.0 Å². The van der Waals surface area contributed by atoms with Crippen molar-refractivity contribution in [3.8, 4) is 5.75 Å². The number of aromatic nitrogens is 2. The molecule has 2 aromatic rings. The van der Waals surface area contributed by atoms with Gasteiger partial charge in [-0.1, -0.05) is 23.3 Å². The van der Waals surface area contributed by atoms with Crippen LogP contribution in [-0.2, 0) is 6.42 Å². The predicted octanol–water partition coefficient (Wildman–Crippen LogP) is 2.98. The minimum absolute atomic E-state index is 0.148. The van der Waals surface area contributed by atoms with E-state index < -0.39 is 12.3 Å². The Hall–Kier alpha value is -2.18. The predicted molar refractivity (Wildman–Crippen MR) is 74.2 cm³/mol. The highest BCUT2D eigenvalue weighted by Crippen LogP contribution is 2.39. The SMILES string of the molecule is FC(F)c1nnc(N2CC[C@]3(CCc4ccccc4O3)C2)o1. The fourth-order valence-electron chi connectivity index (χ4n) is 3.19. The molecule has 4 rings (SSSR count). The molecule has 1 spiro atoms. The Bertz CT molecular complexity index is 691. The van der Waals surface area contributed by atoms with Gasteiger partial charge in [-0.05, 0) is 24.5 Å². The van der Waals surface area contributed by atoms with Gasteiger partial charge in [0.15, 0.2) is 0 Å². The maximum atomic E-state index is 12.5. The zero-order valence-corrected chi connectivity index (χ0v) is 11.8. The number of hydrogen-bond donors (Lipinski definition) is 0. The van der Waals surface area contributed by atoms with Crippen LogP contribution >= 0.6 is 0 Å². The van der Waals surface area contributed by atoms with E-state index in [1.807, 2.05) is 23.1 Å². The molecule has 5 nitrogen and oxygen atoms in total. The lowest BCUT2D eigenvalue weighted by Crippen LogP contribution is -2.42. The number of benzene rings is 1. The second-order valence-electron chi connectivity index (χ2n) is 5.79. The van der Waals surface area contributed by atoms with E-state index in [2.05, 4.69) is 16.3 Å². The third kappa shape index (κ3) is 2.20. The molecule has 0 saturated carbocycles. The molecule has 1 aromatic heterocycles. The molecule has 2 aliphatic heterocycles. The second-order valence-corrected chi connectivity index (χ2v) is 5.79. The Morgan fingerprint density at radius 2 is 2.05 bits per heavy atom. The van der Waals surface area contributed by atoms with Crippen molar-refractivity contribution in [2.45, 2.75) is 31.3 Å². The van der Waals surface area contributed by atoms with Crippen LogP contribution in [0.2, 0.25) is 0 Å². The van der Waals surface area contributed by atoms with Crippen molar-refractivity contribution in [1.29, 1.82) is 0 Å². The molecule has 2 aliphatic rings. The molecule has 1 atom stereocenters. The Labute approximate surface area is 125 Å². The van der Waals surface area contributed by atoms with E-state index >= 15 is 0 Å². The van der Waals surface area contributed by atoms with Gasteiger partial charge >= 0.3 is 12.4 Å². The summed E-state index contributed by atoms with van der Waals surface area (Å²) >= 11 is 0. The Balaban J connectivity index is 1.52. The van der Waals surface area contributed by atoms with E-state index in [4.69, 9.17) is 9.15 Å². The highest BCUT2D eigenvalue weighted by Gasteiger charge is 2.44. The van der Waals surface area contributed by atoms with E-state index in [1.165, 1.54) is 5.56 Å². The first-order chi connectivity index (χ1) is 10.7. The normalized spacial score (nSPS) is 23.9. The number of ether oxygens (including phenoxy) is 1. The Morgan fingerprint density at radius 3 is 2.86 bits per heavy atom. The van der Waals surface area contributed by atoms with Gasteiger partial charge in [0.25, 0.3) is 5.89 Å². The molecule has 1 aromatic carbocycles. The van der Waals surface area contributed by atoms with Crippen molar-refractivity contribution >= 4 is 6.01 Å². The van der Waals surface area contributed by atoms with Crippen LogP contribution in [0, 0.1) is 0 Å². The highest BCUT2D eigenvalue weighted by molar-refractivity contribution is 5.38. The number of aryl methyl sites for hydroxylation is 1. The van der Waals surface area contributed by atoms with Gasteiger partial charge in [-0.25, -0.2) is 0 Å². The quantitative estimate of drug-likeness (QED) is 0.853. The lowest BCUT2D eigenvalue weighted by molar-refractivity contribution is 0.0678. The number of hydrogen-bond acceptors (Lipinski definition) is 5. The summed E-state index contributed by atoms with van der Waals surface area (Å²) in [6.45, 7) is 1.24. The first kappa shape index (κ1) is 13.5. The molecule has 1 saturated heterocycles. The summed E-state index contributed by atoms with van der Waals surface area (Å²) in [7, 11) is 0. The van der Waals surface area contributed by atoms with Crippen LogP contribution < -0.4 is 9.64 Å². The molecule has 116 valence electrons. The fraction of sp³-hybridized carbons (Fsp3) is 0.467. The van der Waals surface area contributed by atoms with Crippen LogP contribution in [0.5, 0.6) is 5.75 Å². The van der Waals surface area contributed by atoms with Crippen LogP contribution in [0.15, 0.2) is 28.7 Å². The van der Waals surface area contributed by atoms with Gasteiger partial charge in [0.2, 0.25) is 0 Å². The number of nitrogens with zero attached hydrogens (tertiary/aromatic N) is 3. The fourth-order valence-corrected chi connectivity index (χ4v) is 3.19. The van der Waals surface area contributed by atoms with Crippen molar-refractivity contribution in [2.24, 2.45) is 0 Å². The van der Waals surface area contributed by atoms with Crippen LogP contribution in [0.4, 0.5) is 14.8 Å². The molecule has 0 radical (unpaired) electrons. The first-order valence-corrected chi connectivity index (χ1v) is 7.29. The third-order valence-electron chi connectivity index (χ3n) is 4.35. The van der Waals surface area contributed by atoms with E-state index in [0.29, 0.717) is 13.1 Å². The topological polar surface area (TPSA) is 51.4 Å². The van der Waals surface area contributed by atoms with Gasteiger partial charge in [-0.15, -0.1) is 5.10 Å². The summed E-state index contributed by atoms with van der Waals surface area (Å²) in [6, 6.07) is 8.15. The third-order valence-corrected chi connectivity index (χ3v) is 4.35. The van der Waals surface area contributed by atoms with E-state index in [-0.39, 0.29) is 11.6 Å². The largest absolute Gasteiger partial charge is 0.485 e. The maximum absolute atomic E-state index is 12.5. The molecule has 22 heavy (non-hydrogen) atoms. The number of anilines is 1. The number of halogens is 2. The van der Waals surface area contributed by atoms with Gasteiger partial charge < -0.3 is 14.1 Å². The lowest BCUT2D eigenvalue weighted by atomic mass is 9.90. The summed E-state index contributed by atoms with van der Waals surface area (Å²) in [6.07, 6.45) is -0.0733. The van der Waals surface area contributed by atoms with Crippen LogP contribution in [0.3, 0.4) is 0 Å².